The lowest BCUT2D eigenvalue weighted by Gasteiger charge is -2.18. The standard InChI is InChI=1S/C28H48O5/c1-2-3-4-5-6-7-8-9-10-11-12-13-14-15-16-19-22-32-24-25(23-29)33-27-21-18-17-20-26(27)28(30)31/h17-18,20-21,25,29H,2-16,19,22-24H2,1H3,(H,30,31). The molecular weight excluding hydrogens is 416 g/mol. The third kappa shape index (κ3) is 15.8. The highest BCUT2D eigenvalue weighted by atomic mass is 16.5. The molecule has 0 amide bonds. The Labute approximate surface area is 201 Å². The predicted molar refractivity (Wildman–Crippen MR) is 135 cm³/mol. The fourth-order valence-electron chi connectivity index (χ4n) is 4.02. The molecule has 1 atom stereocenters. The number of unbranched alkanes of at least 4 members (excludes halogenated alkanes) is 15. The number of rotatable bonds is 23. The molecule has 0 saturated heterocycles. The SMILES string of the molecule is CCCCCCCCCCCCCCCCCCOCC(CO)Oc1ccccc1C(=O)O. The predicted octanol–water partition coefficient (Wildman–Crippen LogP) is 7.40. The van der Waals surface area contributed by atoms with Crippen molar-refractivity contribution in [1.29, 1.82) is 0 Å². The smallest absolute Gasteiger partial charge is 0.339 e. The van der Waals surface area contributed by atoms with Gasteiger partial charge >= 0.3 is 5.97 Å². The summed E-state index contributed by atoms with van der Waals surface area (Å²) >= 11 is 0. The van der Waals surface area contributed by atoms with Crippen molar-refractivity contribution in [2.24, 2.45) is 0 Å². The molecule has 0 aliphatic carbocycles. The van der Waals surface area contributed by atoms with E-state index in [1.54, 1.807) is 18.2 Å². The van der Waals surface area contributed by atoms with Gasteiger partial charge in [-0.25, -0.2) is 4.79 Å². The van der Waals surface area contributed by atoms with Gasteiger partial charge in [0.1, 0.15) is 17.4 Å². The molecule has 190 valence electrons. The van der Waals surface area contributed by atoms with Gasteiger partial charge in [-0.2, -0.15) is 0 Å². The van der Waals surface area contributed by atoms with Crippen LogP contribution in [0.4, 0.5) is 0 Å². The lowest BCUT2D eigenvalue weighted by molar-refractivity contribution is 0.0180. The summed E-state index contributed by atoms with van der Waals surface area (Å²) in [5.74, 6) is -0.786. The van der Waals surface area contributed by atoms with Crippen LogP contribution in [-0.4, -0.2) is 42.1 Å². The summed E-state index contributed by atoms with van der Waals surface area (Å²) in [7, 11) is 0. The molecule has 0 aliphatic heterocycles. The van der Waals surface area contributed by atoms with E-state index < -0.39 is 12.1 Å². The Morgan fingerprint density at radius 2 is 1.27 bits per heavy atom. The van der Waals surface area contributed by atoms with Crippen molar-refractivity contribution in [3.8, 4) is 5.75 Å². The highest BCUT2D eigenvalue weighted by Gasteiger charge is 2.15. The molecule has 0 fully saturated rings. The number of carbonyl (C=O) groups is 1. The topological polar surface area (TPSA) is 76.0 Å². The number of aromatic carboxylic acids is 1. The molecule has 0 spiro atoms. The molecule has 1 aromatic rings. The van der Waals surface area contributed by atoms with Gasteiger partial charge in [-0.15, -0.1) is 0 Å². The Morgan fingerprint density at radius 1 is 0.788 bits per heavy atom. The zero-order valence-electron chi connectivity index (χ0n) is 20.9. The van der Waals surface area contributed by atoms with Crippen LogP contribution in [0, 0.1) is 0 Å². The van der Waals surface area contributed by atoms with E-state index in [4.69, 9.17) is 9.47 Å². The molecule has 0 bridgehead atoms. The Bertz CT molecular complexity index is 589. The summed E-state index contributed by atoms with van der Waals surface area (Å²) in [6, 6.07) is 6.46. The zero-order chi connectivity index (χ0) is 24.0. The van der Waals surface area contributed by atoms with Crippen molar-refractivity contribution in [3.63, 3.8) is 0 Å². The minimum atomic E-state index is -1.05. The number of hydrogen-bond acceptors (Lipinski definition) is 4. The molecule has 0 heterocycles. The molecule has 2 N–H and O–H groups in total. The van der Waals surface area contributed by atoms with Gasteiger partial charge < -0.3 is 19.7 Å². The number of hydrogen-bond donors (Lipinski definition) is 2. The van der Waals surface area contributed by atoms with Crippen molar-refractivity contribution in [2.75, 3.05) is 19.8 Å². The van der Waals surface area contributed by atoms with Crippen molar-refractivity contribution in [3.05, 3.63) is 29.8 Å². The van der Waals surface area contributed by atoms with Crippen molar-refractivity contribution in [2.45, 2.75) is 116 Å². The maximum absolute atomic E-state index is 11.3. The van der Waals surface area contributed by atoms with Gasteiger partial charge in [-0.05, 0) is 18.6 Å². The summed E-state index contributed by atoms with van der Waals surface area (Å²) in [5.41, 5.74) is 0.0914. The first-order valence-corrected chi connectivity index (χ1v) is 13.4. The summed E-state index contributed by atoms with van der Waals surface area (Å²) in [6.07, 6.45) is 20.9. The van der Waals surface area contributed by atoms with Gasteiger partial charge in [0.2, 0.25) is 0 Å². The van der Waals surface area contributed by atoms with E-state index in [9.17, 15) is 15.0 Å². The van der Waals surface area contributed by atoms with Crippen molar-refractivity contribution < 1.29 is 24.5 Å². The fourth-order valence-corrected chi connectivity index (χ4v) is 4.02. The summed E-state index contributed by atoms with van der Waals surface area (Å²) in [5, 5.41) is 18.7. The van der Waals surface area contributed by atoms with Crippen molar-refractivity contribution >= 4 is 5.97 Å². The molecule has 5 nitrogen and oxygen atoms in total. The molecular formula is C28H48O5. The molecule has 33 heavy (non-hydrogen) atoms. The van der Waals surface area contributed by atoms with Crippen LogP contribution in [0.15, 0.2) is 24.3 Å². The zero-order valence-corrected chi connectivity index (χ0v) is 20.9. The molecule has 5 heteroatoms. The van der Waals surface area contributed by atoms with E-state index in [1.807, 2.05) is 0 Å². The molecule has 1 unspecified atom stereocenters. The van der Waals surface area contributed by atoms with Crippen LogP contribution < -0.4 is 4.74 Å². The monoisotopic (exact) mass is 464 g/mol. The van der Waals surface area contributed by atoms with E-state index >= 15 is 0 Å². The quantitative estimate of drug-likeness (QED) is 0.165. The highest BCUT2D eigenvalue weighted by Crippen LogP contribution is 2.19. The minimum Gasteiger partial charge on any atom is -0.485 e. The van der Waals surface area contributed by atoms with Crippen molar-refractivity contribution in [1.82, 2.24) is 0 Å². The molecule has 0 radical (unpaired) electrons. The molecule has 1 aromatic carbocycles. The number of aliphatic hydroxyl groups is 1. The second-order valence-corrected chi connectivity index (χ2v) is 9.10. The number of carboxylic acid groups (broad SMARTS) is 1. The number of para-hydroxylation sites is 1. The number of carboxylic acids is 1. The number of ether oxygens (including phenoxy) is 2. The first-order valence-electron chi connectivity index (χ1n) is 13.4. The summed E-state index contributed by atoms with van der Waals surface area (Å²) in [4.78, 5) is 11.3. The Hall–Kier alpha value is -1.59. The van der Waals surface area contributed by atoms with E-state index in [0.29, 0.717) is 6.61 Å². The van der Waals surface area contributed by atoms with Gasteiger partial charge in [0.05, 0.1) is 13.2 Å². The van der Waals surface area contributed by atoms with E-state index in [-0.39, 0.29) is 24.5 Å². The second kappa shape index (κ2) is 21.0. The lowest BCUT2D eigenvalue weighted by Crippen LogP contribution is -2.28. The van der Waals surface area contributed by atoms with Gasteiger partial charge in [0.15, 0.2) is 0 Å². The van der Waals surface area contributed by atoms with Crippen LogP contribution in [0.5, 0.6) is 5.75 Å². The van der Waals surface area contributed by atoms with Crippen LogP contribution in [-0.2, 0) is 4.74 Å². The Morgan fingerprint density at radius 3 is 1.76 bits per heavy atom. The Balaban J connectivity index is 1.91. The van der Waals surface area contributed by atoms with E-state index in [1.165, 1.54) is 96.0 Å². The van der Waals surface area contributed by atoms with E-state index in [2.05, 4.69) is 6.92 Å². The minimum absolute atomic E-state index is 0.0914. The Kier molecular flexibility index (Phi) is 18.7. The van der Waals surface area contributed by atoms with Gasteiger partial charge in [-0.1, -0.05) is 115 Å². The van der Waals surface area contributed by atoms with Crippen LogP contribution in [0.1, 0.15) is 120 Å². The average molecular weight is 465 g/mol. The average Bonchev–Trinajstić information content (AvgIpc) is 2.82. The van der Waals surface area contributed by atoms with Crippen LogP contribution in [0.25, 0.3) is 0 Å². The third-order valence-electron chi connectivity index (χ3n) is 6.06. The molecule has 0 aromatic heterocycles. The highest BCUT2D eigenvalue weighted by molar-refractivity contribution is 5.90. The molecule has 0 aliphatic rings. The van der Waals surface area contributed by atoms with Crippen LogP contribution in [0.3, 0.4) is 0 Å². The molecule has 0 saturated carbocycles. The van der Waals surface area contributed by atoms with Gasteiger partial charge in [-0.3, -0.25) is 0 Å². The first kappa shape index (κ1) is 29.4. The summed E-state index contributed by atoms with van der Waals surface area (Å²) < 4.78 is 11.3. The number of benzene rings is 1. The normalized spacial score (nSPS) is 12.1. The molecule has 1 rings (SSSR count). The van der Waals surface area contributed by atoms with Gasteiger partial charge in [0, 0.05) is 6.61 Å². The maximum atomic E-state index is 11.3. The summed E-state index contributed by atoms with van der Waals surface area (Å²) in [6.45, 7) is 2.95. The third-order valence-corrected chi connectivity index (χ3v) is 6.06. The van der Waals surface area contributed by atoms with Crippen LogP contribution >= 0.6 is 0 Å². The first-order chi connectivity index (χ1) is 16.2. The van der Waals surface area contributed by atoms with Crippen LogP contribution in [0.2, 0.25) is 0 Å². The second-order valence-electron chi connectivity index (χ2n) is 9.10. The number of aliphatic hydroxyl groups excluding tert-OH is 1. The maximum Gasteiger partial charge on any atom is 0.339 e. The van der Waals surface area contributed by atoms with E-state index in [0.717, 1.165) is 12.8 Å². The van der Waals surface area contributed by atoms with Gasteiger partial charge in [0.25, 0.3) is 0 Å². The lowest BCUT2D eigenvalue weighted by atomic mass is 10.0. The largest absolute Gasteiger partial charge is 0.485 e. The fraction of sp³-hybridized carbons (Fsp3) is 0.750.